The predicted octanol–water partition coefficient (Wildman–Crippen LogP) is 21.4. The third-order valence-corrected chi connectivity index (χ3v) is 19.0. The van der Waals surface area contributed by atoms with Crippen molar-refractivity contribution in [2.24, 2.45) is 0 Å². The summed E-state index contributed by atoms with van der Waals surface area (Å²) in [5.41, 5.74) is 11.6. The Morgan fingerprint density at radius 1 is 0.208 bits per heavy atom. The minimum absolute atomic E-state index is 1.11. The zero-order valence-electron chi connectivity index (χ0n) is 38.6. The van der Waals surface area contributed by atoms with Crippen molar-refractivity contribution in [3.63, 3.8) is 0 Å². The lowest BCUT2D eigenvalue weighted by Crippen LogP contribution is -2.14. The van der Waals surface area contributed by atoms with Gasteiger partial charge in [-0.25, -0.2) is 0 Å². The van der Waals surface area contributed by atoms with Crippen LogP contribution in [0.15, 0.2) is 243 Å². The normalized spacial score (nSPS) is 11.9. The van der Waals surface area contributed by atoms with Gasteiger partial charge in [0.15, 0.2) is 0 Å². The van der Waals surface area contributed by atoms with E-state index in [0.717, 1.165) is 45.3 Å². The molecule has 0 N–H and O–H groups in total. The number of hydrogen-bond donors (Lipinski definition) is 0. The van der Waals surface area contributed by atoms with Crippen LogP contribution in [0.25, 0.3) is 103 Å². The molecule has 0 fully saturated rings. The van der Waals surface area contributed by atoms with E-state index in [4.69, 9.17) is 0 Å². The lowest BCUT2D eigenvalue weighted by molar-refractivity contribution is 1.30. The first kappa shape index (κ1) is 41.7. The van der Waals surface area contributed by atoms with Crippen molar-refractivity contribution in [1.29, 1.82) is 0 Å². The third kappa shape index (κ3) is 6.43. The average Bonchev–Trinajstić information content (AvgIpc) is 4.23. The molecule has 0 saturated carbocycles. The number of fused-ring (bicyclic) bond motifs is 12. The summed E-state index contributed by atoms with van der Waals surface area (Å²) >= 11 is 7.52. The molecular formula is C66H40N2S4. The highest BCUT2D eigenvalue weighted by atomic mass is 32.1. The number of rotatable bonds is 8. The molecule has 15 rings (SSSR count). The first-order valence-corrected chi connectivity index (χ1v) is 27.5. The Labute approximate surface area is 431 Å². The quantitative estimate of drug-likeness (QED) is 0.150. The van der Waals surface area contributed by atoms with Crippen LogP contribution in [-0.4, -0.2) is 0 Å². The van der Waals surface area contributed by atoms with Crippen LogP contribution in [0.3, 0.4) is 0 Å². The molecule has 6 heteroatoms. The van der Waals surface area contributed by atoms with Crippen LogP contribution in [-0.2, 0) is 0 Å². The molecule has 72 heavy (non-hydrogen) atoms. The number of hydrogen-bond acceptors (Lipinski definition) is 6. The smallest absolute Gasteiger partial charge is 0.0640 e. The van der Waals surface area contributed by atoms with Gasteiger partial charge in [0.1, 0.15) is 0 Å². The van der Waals surface area contributed by atoms with E-state index in [1.165, 1.54) is 91.8 Å². The van der Waals surface area contributed by atoms with Gasteiger partial charge in [-0.05, 0) is 77.9 Å². The summed E-state index contributed by atoms with van der Waals surface area (Å²) in [4.78, 5) is 5.15. The average molecular weight is 989 g/mol. The van der Waals surface area contributed by atoms with E-state index >= 15 is 0 Å². The molecule has 0 amide bonds. The summed E-state index contributed by atoms with van der Waals surface area (Å²) in [6.45, 7) is 0. The summed E-state index contributed by atoms with van der Waals surface area (Å²) in [5, 5.41) is 10.2. The van der Waals surface area contributed by atoms with Gasteiger partial charge < -0.3 is 9.80 Å². The van der Waals surface area contributed by atoms with Gasteiger partial charge in [-0.2, -0.15) is 0 Å². The number of nitrogens with zero attached hydrogens (tertiary/aromatic N) is 2. The Morgan fingerprint density at radius 3 is 1.17 bits per heavy atom. The molecule has 0 bridgehead atoms. The van der Waals surface area contributed by atoms with Crippen molar-refractivity contribution in [2.75, 3.05) is 9.80 Å². The number of anilines is 6. The second-order valence-corrected chi connectivity index (χ2v) is 22.5. The highest BCUT2D eigenvalue weighted by molar-refractivity contribution is 7.27. The maximum atomic E-state index is 2.58. The van der Waals surface area contributed by atoms with Gasteiger partial charge in [-0.1, -0.05) is 176 Å². The van der Waals surface area contributed by atoms with Crippen LogP contribution in [0.1, 0.15) is 0 Å². The molecule has 0 aliphatic carbocycles. The summed E-state index contributed by atoms with van der Waals surface area (Å²) in [6.07, 6.45) is 0. The standard InChI is InChI=1S/C66H40N2S4/c1-2-19-41(20-3-1)42-26-14-29-50-63-54(33-18-40-61(63)72-64(42)50)68(56-35-16-28-48-46-24-7-12-37-58(46)71-66(48)56)52-31-10-5-22-44(52)43-21-4-9-30-51(43)67(53-32-17-39-60-62(53)49-25-8-13-38-59(49)69-60)55-34-15-27-47-45-23-6-11-36-57(45)70-65(47)55/h1-40H. The van der Waals surface area contributed by atoms with E-state index in [1.807, 2.05) is 45.3 Å². The molecule has 0 saturated heterocycles. The number of thiophene rings is 4. The largest absolute Gasteiger partial charge is 0.308 e. The Kier molecular flexibility index (Phi) is 9.70. The molecule has 11 aromatic carbocycles. The fourth-order valence-electron chi connectivity index (χ4n) is 11.2. The second-order valence-electron chi connectivity index (χ2n) is 18.3. The summed E-state index contributed by atoms with van der Waals surface area (Å²) < 4.78 is 10.2. The summed E-state index contributed by atoms with van der Waals surface area (Å²) in [5.74, 6) is 0. The van der Waals surface area contributed by atoms with Gasteiger partial charge in [0.2, 0.25) is 0 Å². The van der Waals surface area contributed by atoms with Crippen molar-refractivity contribution in [2.45, 2.75) is 0 Å². The molecule has 338 valence electrons. The van der Waals surface area contributed by atoms with E-state index in [-0.39, 0.29) is 0 Å². The molecule has 0 unspecified atom stereocenters. The second kappa shape index (κ2) is 16.8. The third-order valence-electron chi connectivity index (χ3n) is 14.3. The Bertz CT molecular complexity index is 4610. The van der Waals surface area contributed by atoms with Crippen LogP contribution in [0.2, 0.25) is 0 Å². The molecule has 4 aromatic heterocycles. The SMILES string of the molecule is c1ccc(-c2cccc3c2sc2cccc(N(c4ccccc4-c4ccccc4N(c4cccc5c4sc4ccccc45)c4cccc5sc6ccccc6c45)c4cccc5c4sc4ccccc45)c23)cc1. The van der Waals surface area contributed by atoms with Gasteiger partial charge in [0, 0.05) is 82.4 Å². The van der Waals surface area contributed by atoms with E-state index < -0.39 is 0 Å². The molecule has 0 aliphatic heterocycles. The van der Waals surface area contributed by atoms with Crippen LogP contribution < -0.4 is 9.80 Å². The van der Waals surface area contributed by atoms with Crippen LogP contribution in [0.4, 0.5) is 34.1 Å². The molecule has 0 aliphatic rings. The van der Waals surface area contributed by atoms with E-state index in [0.29, 0.717) is 0 Å². The van der Waals surface area contributed by atoms with E-state index in [9.17, 15) is 0 Å². The zero-order valence-corrected chi connectivity index (χ0v) is 41.9. The Hall–Kier alpha value is -8.10. The highest BCUT2D eigenvalue weighted by Gasteiger charge is 2.28. The molecule has 0 spiro atoms. The first-order chi connectivity index (χ1) is 35.7. The maximum Gasteiger partial charge on any atom is 0.0640 e. The van der Waals surface area contributed by atoms with Gasteiger partial charge in [0.05, 0.1) is 43.5 Å². The minimum atomic E-state index is 1.11. The fraction of sp³-hybridized carbons (Fsp3) is 0. The molecule has 0 atom stereocenters. The molecular weight excluding hydrogens is 949 g/mol. The van der Waals surface area contributed by atoms with Gasteiger partial charge in [0.25, 0.3) is 0 Å². The first-order valence-electron chi connectivity index (χ1n) is 24.2. The predicted molar refractivity (Wildman–Crippen MR) is 318 cm³/mol. The number of para-hydroxylation sites is 2. The summed E-state index contributed by atoms with van der Waals surface area (Å²) in [6, 6.07) is 90.0. The van der Waals surface area contributed by atoms with Gasteiger partial charge in [-0.3, -0.25) is 0 Å². The van der Waals surface area contributed by atoms with Crippen molar-refractivity contribution in [3.05, 3.63) is 243 Å². The van der Waals surface area contributed by atoms with E-state index in [2.05, 4.69) is 252 Å². The molecule has 2 nitrogen and oxygen atoms in total. The van der Waals surface area contributed by atoms with Crippen molar-refractivity contribution < 1.29 is 0 Å². The fourth-order valence-corrected chi connectivity index (χ4v) is 16.0. The zero-order chi connectivity index (χ0) is 47.3. The Morgan fingerprint density at radius 2 is 0.569 bits per heavy atom. The Balaban J connectivity index is 1.03. The highest BCUT2D eigenvalue weighted by Crippen LogP contribution is 2.55. The lowest BCUT2D eigenvalue weighted by Gasteiger charge is -2.32. The van der Waals surface area contributed by atoms with Gasteiger partial charge in [-0.15, -0.1) is 45.3 Å². The maximum absolute atomic E-state index is 2.58. The summed E-state index contributed by atoms with van der Waals surface area (Å²) in [7, 11) is 0. The van der Waals surface area contributed by atoms with Crippen molar-refractivity contribution >= 4 is 160 Å². The molecule has 0 radical (unpaired) electrons. The van der Waals surface area contributed by atoms with Gasteiger partial charge >= 0.3 is 0 Å². The monoisotopic (exact) mass is 988 g/mol. The van der Waals surface area contributed by atoms with Crippen LogP contribution in [0.5, 0.6) is 0 Å². The van der Waals surface area contributed by atoms with Crippen LogP contribution in [0, 0.1) is 0 Å². The molecule has 15 aromatic rings. The van der Waals surface area contributed by atoms with E-state index in [1.54, 1.807) is 0 Å². The molecule has 4 heterocycles. The lowest BCUT2D eigenvalue weighted by atomic mass is 9.97. The van der Waals surface area contributed by atoms with Crippen molar-refractivity contribution in [3.8, 4) is 22.3 Å². The minimum Gasteiger partial charge on any atom is -0.308 e. The van der Waals surface area contributed by atoms with Crippen molar-refractivity contribution in [1.82, 2.24) is 0 Å². The topological polar surface area (TPSA) is 6.48 Å². The van der Waals surface area contributed by atoms with Crippen LogP contribution >= 0.6 is 45.3 Å². The number of benzene rings is 11.